The van der Waals surface area contributed by atoms with Crippen molar-refractivity contribution in [3.63, 3.8) is 0 Å². The Bertz CT molecular complexity index is 1200. The molecule has 0 heterocycles. The van der Waals surface area contributed by atoms with E-state index in [-0.39, 0.29) is 57.5 Å². The van der Waals surface area contributed by atoms with Crippen LogP contribution in [-0.4, -0.2) is 95.1 Å². The number of aliphatic carboxylic acids is 2. The van der Waals surface area contributed by atoms with Crippen molar-refractivity contribution in [3.05, 3.63) is 48.6 Å². The maximum Gasteiger partial charge on any atom is 0.323 e. The van der Waals surface area contributed by atoms with Crippen molar-refractivity contribution in [1.82, 2.24) is 9.80 Å². The van der Waals surface area contributed by atoms with E-state index in [1.165, 1.54) is 43.4 Å². The summed E-state index contributed by atoms with van der Waals surface area (Å²) >= 11 is 0. The van der Waals surface area contributed by atoms with Gasteiger partial charge in [-0.2, -0.15) is 0 Å². The number of rotatable bonds is 41. The standard InChI is InChI=1S/C48H80N2O10/c1-3-5-7-9-11-13-15-17-19-21-23-25-27-29-31-33-47(57)59-39-37-49(43(51)35-36-44(52)50(41-45(53)54)42-46(55)56)38-40-60-48(58)34-32-30-28-26-24-22-20-18-16-14-12-10-8-6-4-2/h11-14,17-20H,3-10,15-16,21-42H2,1-2H3,(H,53,54)(H,55,56)/b13-11-,14-12-,19-17-,20-18-. The van der Waals surface area contributed by atoms with Crippen LogP contribution >= 0.6 is 0 Å². The van der Waals surface area contributed by atoms with Crippen LogP contribution in [0.2, 0.25) is 0 Å². The van der Waals surface area contributed by atoms with Gasteiger partial charge in [0.25, 0.3) is 0 Å². The molecule has 0 aromatic heterocycles. The van der Waals surface area contributed by atoms with E-state index in [9.17, 15) is 28.8 Å². The highest BCUT2D eigenvalue weighted by molar-refractivity contribution is 5.88. The van der Waals surface area contributed by atoms with Gasteiger partial charge < -0.3 is 29.5 Å². The van der Waals surface area contributed by atoms with E-state index in [0.717, 1.165) is 89.9 Å². The van der Waals surface area contributed by atoms with Crippen LogP contribution in [0, 0.1) is 0 Å². The molecular weight excluding hydrogens is 765 g/mol. The van der Waals surface area contributed by atoms with E-state index in [4.69, 9.17) is 19.7 Å². The van der Waals surface area contributed by atoms with Gasteiger partial charge in [0.15, 0.2) is 0 Å². The van der Waals surface area contributed by atoms with Crippen LogP contribution in [-0.2, 0) is 38.2 Å². The maximum absolute atomic E-state index is 13.2. The first-order chi connectivity index (χ1) is 29.1. The molecule has 0 radical (unpaired) electrons. The van der Waals surface area contributed by atoms with E-state index in [1.807, 2.05) is 0 Å². The zero-order valence-electron chi connectivity index (χ0n) is 37.3. The number of unbranched alkanes of at least 4 members (excludes halogenated alkanes) is 16. The van der Waals surface area contributed by atoms with Gasteiger partial charge in [0.05, 0.1) is 13.1 Å². The Morgan fingerprint density at radius 3 is 1.12 bits per heavy atom. The summed E-state index contributed by atoms with van der Waals surface area (Å²) in [5.41, 5.74) is 0. The van der Waals surface area contributed by atoms with Crippen LogP contribution in [0.1, 0.15) is 181 Å². The number of carboxylic acids is 2. The van der Waals surface area contributed by atoms with Crippen molar-refractivity contribution >= 4 is 35.7 Å². The topological polar surface area (TPSA) is 168 Å². The fourth-order valence-electron chi connectivity index (χ4n) is 6.30. The molecule has 12 heteroatoms. The molecule has 0 bridgehead atoms. The lowest BCUT2D eigenvalue weighted by atomic mass is 10.1. The Morgan fingerprint density at radius 2 is 0.750 bits per heavy atom. The summed E-state index contributed by atoms with van der Waals surface area (Å²) in [4.78, 5) is 74.8. The molecule has 0 aliphatic carbocycles. The van der Waals surface area contributed by atoms with Gasteiger partial charge in [-0.3, -0.25) is 28.8 Å². The van der Waals surface area contributed by atoms with E-state index < -0.39 is 43.3 Å². The molecule has 12 nitrogen and oxygen atoms in total. The van der Waals surface area contributed by atoms with Gasteiger partial charge in [-0.1, -0.05) is 127 Å². The lowest BCUT2D eigenvalue weighted by molar-refractivity contribution is -0.150. The SMILES string of the molecule is CCCCC/C=C\C/C=C\CCCCCCCC(=O)OCCN(CCOC(=O)CCCCCCC/C=C\C/C=C\CCCCC)C(=O)CCC(=O)N(CC(=O)O)CC(=O)O. The molecule has 0 atom stereocenters. The Morgan fingerprint density at radius 1 is 0.417 bits per heavy atom. The number of hydrogen-bond donors (Lipinski definition) is 2. The van der Waals surface area contributed by atoms with Crippen LogP contribution < -0.4 is 0 Å². The zero-order valence-corrected chi connectivity index (χ0v) is 37.3. The molecule has 0 aromatic rings. The zero-order chi connectivity index (χ0) is 44.3. The highest BCUT2D eigenvalue weighted by Crippen LogP contribution is 2.11. The van der Waals surface area contributed by atoms with Crippen LogP contribution in [0.3, 0.4) is 0 Å². The number of allylic oxidation sites excluding steroid dienone is 8. The molecule has 2 N–H and O–H groups in total. The van der Waals surface area contributed by atoms with Gasteiger partial charge in [-0.25, -0.2) is 0 Å². The second-order valence-electron chi connectivity index (χ2n) is 15.3. The first-order valence-corrected chi connectivity index (χ1v) is 23.0. The first-order valence-electron chi connectivity index (χ1n) is 23.0. The minimum atomic E-state index is -1.37. The Labute approximate surface area is 361 Å². The molecule has 0 aliphatic heterocycles. The third-order valence-electron chi connectivity index (χ3n) is 9.82. The molecule has 60 heavy (non-hydrogen) atoms. The van der Waals surface area contributed by atoms with Gasteiger partial charge in [0.1, 0.15) is 26.3 Å². The van der Waals surface area contributed by atoms with Crippen molar-refractivity contribution in [2.45, 2.75) is 181 Å². The number of carbonyl (C=O) groups excluding carboxylic acids is 4. The van der Waals surface area contributed by atoms with Crippen LogP contribution in [0.5, 0.6) is 0 Å². The summed E-state index contributed by atoms with van der Waals surface area (Å²) in [6, 6.07) is 0. The fourth-order valence-corrected chi connectivity index (χ4v) is 6.30. The molecule has 342 valence electrons. The van der Waals surface area contributed by atoms with Gasteiger partial charge in [0.2, 0.25) is 11.8 Å². The molecule has 2 amide bonds. The molecule has 0 saturated carbocycles. The highest BCUT2D eigenvalue weighted by Gasteiger charge is 2.22. The van der Waals surface area contributed by atoms with E-state index >= 15 is 0 Å². The first kappa shape index (κ1) is 55.8. The summed E-state index contributed by atoms with van der Waals surface area (Å²) in [7, 11) is 0. The molecular formula is C48H80N2O10. The average molecular weight is 845 g/mol. The minimum absolute atomic E-state index is 0.0113. The highest BCUT2D eigenvalue weighted by atomic mass is 16.5. The van der Waals surface area contributed by atoms with Crippen LogP contribution in [0.15, 0.2) is 48.6 Å². The quantitative estimate of drug-likeness (QED) is 0.0343. The number of amides is 2. The second kappa shape index (κ2) is 41.5. The van der Waals surface area contributed by atoms with Crippen molar-refractivity contribution in [3.8, 4) is 0 Å². The molecule has 0 aliphatic rings. The lowest BCUT2D eigenvalue weighted by Gasteiger charge is -2.23. The van der Waals surface area contributed by atoms with E-state index in [0.29, 0.717) is 17.7 Å². The third-order valence-corrected chi connectivity index (χ3v) is 9.82. The predicted molar refractivity (Wildman–Crippen MR) is 238 cm³/mol. The molecule has 0 rings (SSSR count). The third kappa shape index (κ3) is 38.0. The number of esters is 2. The molecule has 0 spiro atoms. The monoisotopic (exact) mass is 845 g/mol. The maximum atomic E-state index is 13.2. The summed E-state index contributed by atoms with van der Waals surface area (Å²) in [6.45, 7) is 2.67. The number of carboxylic acid groups (broad SMARTS) is 2. The molecule has 0 unspecified atom stereocenters. The summed E-state index contributed by atoms with van der Waals surface area (Å²) in [5, 5.41) is 18.1. The average Bonchev–Trinajstić information content (AvgIpc) is 3.21. The van der Waals surface area contributed by atoms with E-state index in [1.54, 1.807) is 0 Å². The number of carbonyl (C=O) groups is 6. The number of hydrogen-bond acceptors (Lipinski definition) is 8. The smallest absolute Gasteiger partial charge is 0.323 e. The minimum Gasteiger partial charge on any atom is -0.480 e. The van der Waals surface area contributed by atoms with Gasteiger partial charge >= 0.3 is 23.9 Å². The van der Waals surface area contributed by atoms with Gasteiger partial charge in [-0.05, 0) is 77.0 Å². The predicted octanol–water partition coefficient (Wildman–Crippen LogP) is 10.3. The fraction of sp³-hybridized carbons (Fsp3) is 0.708. The van der Waals surface area contributed by atoms with Crippen molar-refractivity contribution < 1.29 is 48.5 Å². The van der Waals surface area contributed by atoms with Gasteiger partial charge in [-0.15, -0.1) is 0 Å². The van der Waals surface area contributed by atoms with Crippen LogP contribution in [0.25, 0.3) is 0 Å². The molecule has 0 saturated heterocycles. The Kier molecular flexibility index (Phi) is 38.6. The summed E-state index contributed by atoms with van der Waals surface area (Å²) in [5.74, 6) is -4.78. The van der Waals surface area contributed by atoms with Crippen LogP contribution in [0.4, 0.5) is 0 Å². The normalized spacial score (nSPS) is 11.6. The Hall–Kier alpha value is -4.22. The lowest BCUT2D eigenvalue weighted by Crippen LogP contribution is -2.41. The number of ether oxygens (including phenoxy) is 2. The largest absolute Gasteiger partial charge is 0.480 e. The van der Waals surface area contributed by atoms with Crippen molar-refractivity contribution in [1.29, 1.82) is 0 Å². The van der Waals surface area contributed by atoms with Crippen molar-refractivity contribution in [2.24, 2.45) is 0 Å². The number of nitrogens with zero attached hydrogens (tertiary/aromatic N) is 2. The molecule has 0 aromatic carbocycles. The Balaban J connectivity index is 4.60. The van der Waals surface area contributed by atoms with Crippen molar-refractivity contribution in [2.75, 3.05) is 39.4 Å². The summed E-state index contributed by atoms with van der Waals surface area (Å²) < 4.78 is 10.8. The summed E-state index contributed by atoms with van der Waals surface area (Å²) in [6.07, 6.45) is 41.3. The molecule has 0 fully saturated rings. The second-order valence-corrected chi connectivity index (χ2v) is 15.3. The van der Waals surface area contributed by atoms with Gasteiger partial charge in [0, 0.05) is 25.7 Å². The van der Waals surface area contributed by atoms with E-state index in [2.05, 4.69) is 62.5 Å².